The Hall–Kier alpha value is -1.18. The molecule has 12 heavy (non-hydrogen) atoms. The van der Waals surface area contributed by atoms with E-state index in [0.29, 0.717) is 0 Å². The molecule has 5 nitrogen and oxygen atoms in total. The first-order valence-corrected chi connectivity index (χ1v) is 2.85. The van der Waals surface area contributed by atoms with Crippen molar-refractivity contribution in [1.29, 1.82) is 0 Å². The Morgan fingerprint density at radius 3 is 2.58 bits per heavy atom. The zero-order valence-corrected chi connectivity index (χ0v) is 6.52. The summed E-state index contributed by atoms with van der Waals surface area (Å²) in [5.74, 6) is -0.265. The first-order chi connectivity index (χ1) is 5.13. The fourth-order valence-corrected chi connectivity index (χ4v) is 0.700. The molecule has 0 aromatic heterocycles. The summed E-state index contributed by atoms with van der Waals surface area (Å²) in [7, 11) is 0. The molecule has 3 N–H and O–H groups in total. The van der Waals surface area contributed by atoms with Gasteiger partial charge in [0.25, 0.3) is 5.69 Å². The molecule has 0 aliphatic rings. The number of nitrogen functional groups attached to an aromatic ring is 1. The number of nitrogens with two attached hydrogens (primary N) is 1. The van der Waals surface area contributed by atoms with Crippen LogP contribution in [0.5, 0.6) is 5.75 Å². The van der Waals surface area contributed by atoms with Gasteiger partial charge in [0.2, 0.25) is 0 Å². The van der Waals surface area contributed by atoms with Gasteiger partial charge in [-0.1, -0.05) is 6.07 Å². The Labute approximate surface area is 82.0 Å². The molecule has 0 heterocycles. The molecule has 0 saturated carbocycles. The van der Waals surface area contributed by atoms with E-state index >= 15 is 0 Å². The fraction of sp³-hybridized carbons (Fsp3) is 0. The summed E-state index contributed by atoms with van der Waals surface area (Å²) >= 11 is 0. The molecule has 0 aliphatic carbocycles. The van der Waals surface area contributed by atoms with Gasteiger partial charge >= 0.3 is 18.9 Å². The van der Waals surface area contributed by atoms with Crippen molar-refractivity contribution in [2.45, 2.75) is 0 Å². The third-order valence-electron chi connectivity index (χ3n) is 1.26. The van der Waals surface area contributed by atoms with E-state index in [0.717, 1.165) is 0 Å². The third-order valence-corrected chi connectivity index (χ3v) is 1.26. The van der Waals surface area contributed by atoms with E-state index in [2.05, 4.69) is 0 Å². The van der Waals surface area contributed by atoms with E-state index in [4.69, 9.17) is 10.8 Å². The van der Waals surface area contributed by atoms with Gasteiger partial charge in [0, 0.05) is 6.07 Å². The Kier molecular flexibility index (Phi) is 3.60. The number of anilines is 1. The molecule has 0 saturated heterocycles. The normalized spacial score (nSPS) is 8.67. The standard InChI is InChI=1S/C6H6N2O3.Li.H/c7-6-4(8(10)11)2-1-3-5(6)9;;/h1-3,9H,7H2;;/q;+1;-1. The van der Waals surface area contributed by atoms with Crippen molar-refractivity contribution in [3.8, 4) is 5.75 Å². The number of aromatic hydroxyl groups is 1. The summed E-state index contributed by atoms with van der Waals surface area (Å²) in [4.78, 5) is 9.54. The SMILES string of the molecule is Nc1c(O)cccc1[N+](=O)[O-].[H-].[Li+]. The zero-order chi connectivity index (χ0) is 8.43. The molecule has 0 fully saturated rings. The van der Waals surface area contributed by atoms with Crippen molar-refractivity contribution < 1.29 is 30.3 Å². The summed E-state index contributed by atoms with van der Waals surface area (Å²) in [5, 5.41) is 19.1. The van der Waals surface area contributed by atoms with E-state index in [1.54, 1.807) is 0 Å². The van der Waals surface area contributed by atoms with Crippen LogP contribution in [0.4, 0.5) is 11.4 Å². The number of rotatable bonds is 1. The summed E-state index contributed by atoms with van der Waals surface area (Å²) in [6.45, 7) is 0. The second-order valence-electron chi connectivity index (χ2n) is 1.97. The molecule has 0 aliphatic heterocycles. The summed E-state index contributed by atoms with van der Waals surface area (Å²) < 4.78 is 0. The van der Waals surface area contributed by atoms with Crippen LogP contribution in [0, 0.1) is 10.1 Å². The average Bonchev–Trinajstić information content (AvgIpc) is 1.94. The van der Waals surface area contributed by atoms with Gasteiger partial charge in [-0.05, 0) is 6.07 Å². The quantitative estimate of drug-likeness (QED) is 0.164. The maximum atomic E-state index is 10.2. The van der Waals surface area contributed by atoms with Gasteiger partial charge in [0.15, 0.2) is 5.69 Å². The second-order valence-corrected chi connectivity index (χ2v) is 1.97. The number of phenols is 1. The smallest absolute Gasteiger partial charge is 1.00 e. The van der Waals surface area contributed by atoms with E-state index in [1.165, 1.54) is 18.2 Å². The Balaban J connectivity index is 0. The minimum absolute atomic E-state index is 0. The van der Waals surface area contributed by atoms with Crippen molar-refractivity contribution in [2.75, 3.05) is 5.73 Å². The van der Waals surface area contributed by atoms with Crippen LogP contribution in [-0.4, -0.2) is 10.0 Å². The molecule has 0 spiro atoms. The van der Waals surface area contributed by atoms with Gasteiger partial charge < -0.3 is 12.3 Å². The predicted octanol–water partition coefficient (Wildman–Crippen LogP) is -2.00. The molecule has 0 atom stereocenters. The van der Waals surface area contributed by atoms with Gasteiger partial charge in [-0.25, -0.2) is 0 Å². The van der Waals surface area contributed by atoms with E-state index in [9.17, 15) is 10.1 Å². The van der Waals surface area contributed by atoms with Crippen molar-refractivity contribution in [3.05, 3.63) is 28.3 Å². The topological polar surface area (TPSA) is 89.4 Å². The van der Waals surface area contributed by atoms with Crippen LogP contribution in [0.2, 0.25) is 0 Å². The zero-order valence-electron chi connectivity index (χ0n) is 7.52. The predicted molar refractivity (Wildman–Crippen MR) is 40.3 cm³/mol. The number of phenolic OH excluding ortho intramolecular Hbond substituents is 1. The minimum Gasteiger partial charge on any atom is -1.00 e. The van der Waals surface area contributed by atoms with Crippen molar-refractivity contribution in [3.63, 3.8) is 0 Å². The molecule has 0 unspecified atom stereocenters. The molecule has 60 valence electrons. The number of para-hydroxylation sites is 1. The number of nitrogens with zero attached hydrogens (tertiary/aromatic N) is 1. The maximum Gasteiger partial charge on any atom is 1.00 e. The van der Waals surface area contributed by atoms with Crippen LogP contribution in [0.15, 0.2) is 18.2 Å². The largest absolute Gasteiger partial charge is 1.00 e. The van der Waals surface area contributed by atoms with E-state index in [1.807, 2.05) is 0 Å². The van der Waals surface area contributed by atoms with Crippen LogP contribution >= 0.6 is 0 Å². The number of hydrogen-bond donors (Lipinski definition) is 2. The van der Waals surface area contributed by atoms with Crippen LogP contribution in [0.1, 0.15) is 1.43 Å². The van der Waals surface area contributed by atoms with Gasteiger partial charge in [-0.3, -0.25) is 10.1 Å². The van der Waals surface area contributed by atoms with Crippen molar-refractivity contribution in [2.24, 2.45) is 0 Å². The summed E-state index contributed by atoms with van der Waals surface area (Å²) in [6, 6.07) is 3.89. The molecule has 0 radical (unpaired) electrons. The second kappa shape index (κ2) is 4.00. The van der Waals surface area contributed by atoms with Crippen LogP contribution in [0.3, 0.4) is 0 Å². The summed E-state index contributed by atoms with van der Waals surface area (Å²) in [5.41, 5.74) is 4.72. The van der Waals surface area contributed by atoms with Gasteiger partial charge in [-0.2, -0.15) is 0 Å². The molecule has 1 aromatic carbocycles. The maximum absolute atomic E-state index is 10.2. The number of benzene rings is 1. The van der Waals surface area contributed by atoms with Gasteiger partial charge in [-0.15, -0.1) is 0 Å². The first-order valence-electron chi connectivity index (χ1n) is 2.85. The number of nitro groups is 1. The number of nitro benzene ring substituents is 1. The Bertz CT molecular complexity index is 308. The molecule has 1 aromatic rings. The van der Waals surface area contributed by atoms with Crippen molar-refractivity contribution in [1.82, 2.24) is 0 Å². The van der Waals surface area contributed by atoms with Gasteiger partial charge in [0.1, 0.15) is 5.75 Å². The first kappa shape index (κ1) is 10.8. The average molecular weight is 162 g/mol. The van der Waals surface area contributed by atoms with Crippen LogP contribution in [-0.2, 0) is 0 Å². The summed E-state index contributed by atoms with van der Waals surface area (Å²) in [6.07, 6.45) is 0. The molecule has 1 rings (SSSR count). The van der Waals surface area contributed by atoms with E-state index < -0.39 is 4.92 Å². The molecular weight excluding hydrogens is 155 g/mol. The Morgan fingerprint density at radius 2 is 2.17 bits per heavy atom. The van der Waals surface area contributed by atoms with Gasteiger partial charge in [0.05, 0.1) is 4.92 Å². The third kappa shape index (κ3) is 1.91. The monoisotopic (exact) mass is 162 g/mol. The van der Waals surface area contributed by atoms with Crippen molar-refractivity contribution >= 4 is 11.4 Å². The van der Waals surface area contributed by atoms with Crippen LogP contribution < -0.4 is 24.6 Å². The molecule has 6 heteroatoms. The minimum atomic E-state index is -0.644. The molecular formula is C6H7LiN2O3. The Morgan fingerprint density at radius 1 is 1.58 bits per heavy atom. The van der Waals surface area contributed by atoms with E-state index in [-0.39, 0.29) is 37.4 Å². The number of hydrogen-bond acceptors (Lipinski definition) is 4. The van der Waals surface area contributed by atoms with Crippen LogP contribution in [0.25, 0.3) is 0 Å². The fourth-order valence-electron chi connectivity index (χ4n) is 0.700. The molecule has 0 amide bonds. The molecule has 0 bridgehead atoms.